The number of carbonyl (C=O) groups is 2. The Labute approximate surface area is 127 Å². The van der Waals surface area contributed by atoms with Gasteiger partial charge in [0, 0.05) is 6.04 Å². The molecule has 1 saturated carbocycles. The minimum absolute atomic E-state index is 0.0374. The Bertz CT molecular complexity index is 423. The number of piperazine rings is 1. The number of hydrogen-bond acceptors (Lipinski definition) is 3. The fraction of sp³-hybridized carbons (Fsp3) is 0.875. The van der Waals surface area contributed by atoms with Gasteiger partial charge >= 0.3 is 0 Å². The maximum atomic E-state index is 13.1. The summed E-state index contributed by atoms with van der Waals surface area (Å²) in [6.45, 7) is 3.90. The molecule has 0 aromatic rings. The van der Waals surface area contributed by atoms with E-state index in [1.165, 1.54) is 6.42 Å². The van der Waals surface area contributed by atoms with Crippen molar-refractivity contribution in [1.82, 2.24) is 15.1 Å². The van der Waals surface area contributed by atoms with E-state index < -0.39 is 5.54 Å². The molecule has 3 aliphatic rings. The predicted molar refractivity (Wildman–Crippen MR) is 80.8 cm³/mol. The van der Waals surface area contributed by atoms with E-state index in [1.807, 2.05) is 11.8 Å². The molecule has 3 fully saturated rings. The van der Waals surface area contributed by atoms with Crippen LogP contribution >= 0.6 is 0 Å². The predicted octanol–water partition coefficient (Wildman–Crippen LogP) is 1.13. The minimum atomic E-state index is -0.592. The summed E-state index contributed by atoms with van der Waals surface area (Å²) in [5, 5.41) is 3.07. The van der Waals surface area contributed by atoms with Crippen molar-refractivity contribution >= 4 is 11.8 Å². The zero-order valence-electron chi connectivity index (χ0n) is 13.2. The maximum absolute atomic E-state index is 13.1. The van der Waals surface area contributed by atoms with Crippen molar-refractivity contribution in [3.63, 3.8) is 0 Å². The van der Waals surface area contributed by atoms with Gasteiger partial charge in [-0.25, -0.2) is 0 Å². The molecular formula is C16H27N3O2. The number of hydrogen-bond donors (Lipinski definition) is 1. The second-order valence-corrected chi connectivity index (χ2v) is 7.05. The van der Waals surface area contributed by atoms with Gasteiger partial charge < -0.3 is 15.1 Å². The Balaban J connectivity index is 1.83. The third-order valence-electron chi connectivity index (χ3n) is 5.59. The van der Waals surface area contributed by atoms with E-state index in [9.17, 15) is 9.59 Å². The van der Waals surface area contributed by atoms with Crippen LogP contribution in [0.4, 0.5) is 0 Å². The molecule has 2 saturated heterocycles. The second-order valence-electron chi connectivity index (χ2n) is 7.05. The average molecular weight is 293 g/mol. The molecule has 0 bridgehead atoms. The van der Waals surface area contributed by atoms with Gasteiger partial charge in [-0.05, 0) is 52.7 Å². The van der Waals surface area contributed by atoms with Crippen LogP contribution in [0.15, 0.2) is 0 Å². The monoisotopic (exact) mass is 293 g/mol. The number of likely N-dealkylation sites (tertiary alicyclic amines) is 1. The molecule has 0 aromatic carbocycles. The van der Waals surface area contributed by atoms with Gasteiger partial charge in [0.05, 0.1) is 0 Å². The molecular weight excluding hydrogens is 266 g/mol. The molecule has 3 rings (SSSR count). The van der Waals surface area contributed by atoms with Crippen LogP contribution in [-0.2, 0) is 9.59 Å². The number of rotatable bonds is 1. The molecule has 5 heteroatoms. The topological polar surface area (TPSA) is 52.7 Å². The lowest BCUT2D eigenvalue weighted by atomic mass is 9.78. The molecule has 1 spiro atoms. The molecule has 21 heavy (non-hydrogen) atoms. The van der Waals surface area contributed by atoms with Crippen LogP contribution in [0.25, 0.3) is 0 Å². The van der Waals surface area contributed by atoms with Gasteiger partial charge in [0.1, 0.15) is 11.6 Å². The Morgan fingerprint density at radius 1 is 1.10 bits per heavy atom. The average Bonchev–Trinajstić information content (AvgIpc) is 2.49. The van der Waals surface area contributed by atoms with Crippen molar-refractivity contribution in [2.75, 3.05) is 20.1 Å². The lowest BCUT2D eigenvalue weighted by Crippen LogP contribution is -2.72. The first-order valence-corrected chi connectivity index (χ1v) is 8.37. The van der Waals surface area contributed by atoms with E-state index in [0.717, 1.165) is 51.6 Å². The highest BCUT2D eigenvalue weighted by Crippen LogP contribution is 2.35. The van der Waals surface area contributed by atoms with Crippen molar-refractivity contribution < 1.29 is 9.59 Å². The van der Waals surface area contributed by atoms with Crippen LogP contribution in [-0.4, -0.2) is 59.4 Å². The van der Waals surface area contributed by atoms with Crippen molar-refractivity contribution in [3.05, 3.63) is 0 Å². The molecule has 1 unspecified atom stereocenters. The highest BCUT2D eigenvalue weighted by molar-refractivity contribution is 5.99. The van der Waals surface area contributed by atoms with E-state index in [2.05, 4.69) is 17.3 Å². The first-order chi connectivity index (χ1) is 10.0. The maximum Gasteiger partial charge on any atom is 0.249 e. The Kier molecular flexibility index (Phi) is 3.95. The molecule has 5 nitrogen and oxygen atoms in total. The Morgan fingerprint density at radius 2 is 1.71 bits per heavy atom. The summed E-state index contributed by atoms with van der Waals surface area (Å²) in [6.07, 6.45) is 6.85. The van der Waals surface area contributed by atoms with Gasteiger partial charge in [-0.15, -0.1) is 0 Å². The third-order valence-corrected chi connectivity index (χ3v) is 5.59. The molecule has 2 heterocycles. The minimum Gasteiger partial charge on any atom is -0.340 e. The Morgan fingerprint density at radius 3 is 2.33 bits per heavy atom. The normalized spacial score (nSPS) is 31.5. The number of piperidine rings is 1. The van der Waals surface area contributed by atoms with Crippen molar-refractivity contribution in [2.45, 2.75) is 69.5 Å². The van der Waals surface area contributed by atoms with Gasteiger partial charge in [-0.2, -0.15) is 0 Å². The largest absolute Gasteiger partial charge is 0.340 e. The van der Waals surface area contributed by atoms with Crippen LogP contribution in [0, 0.1) is 0 Å². The zero-order chi connectivity index (χ0) is 15.0. The fourth-order valence-electron chi connectivity index (χ4n) is 4.19. The number of nitrogens with zero attached hydrogens (tertiary/aromatic N) is 2. The van der Waals surface area contributed by atoms with E-state index >= 15 is 0 Å². The van der Waals surface area contributed by atoms with Crippen LogP contribution in [0.2, 0.25) is 0 Å². The molecule has 1 aliphatic carbocycles. The molecule has 2 amide bonds. The quantitative estimate of drug-likeness (QED) is 0.788. The van der Waals surface area contributed by atoms with E-state index in [-0.39, 0.29) is 23.9 Å². The summed E-state index contributed by atoms with van der Waals surface area (Å²) < 4.78 is 0. The molecule has 118 valence electrons. The van der Waals surface area contributed by atoms with Crippen molar-refractivity contribution in [3.8, 4) is 0 Å². The lowest BCUT2D eigenvalue weighted by molar-refractivity contribution is -0.160. The Hall–Kier alpha value is -1.10. The van der Waals surface area contributed by atoms with Crippen molar-refractivity contribution in [2.24, 2.45) is 0 Å². The summed E-state index contributed by atoms with van der Waals surface area (Å²) >= 11 is 0. The standard InChI is InChI=1S/C16H27N3O2/c1-12-14(20)17-16(8-4-3-5-9-16)15(21)19(12)13-6-10-18(2)11-7-13/h12-13H,3-11H2,1-2H3,(H,17,20). The summed E-state index contributed by atoms with van der Waals surface area (Å²) in [5.74, 6) is 0.222. The first kappa shape index (κ1) is 14.8. The van der Waals surface area contributed by atoms with Gasteiger partial charge in [-0.1, -0.05) is 19.3 Å². The number of nitrogens with one attached hydrogen (secondary N) is 1. The lowest BCUT2D eigenvalue weighted by Gasteiger charge is -2.50. The SMILES string of the molecule is CC1C(=O)NC2(CCCCC2)C(=O)N1C1CCN(C)CC1. The first-order valence-electron chi connectivity index (χ1n) is 8.37. The second kappa shape index (κ2) is 5.59. The summed E-state index contributed by atoms with van der Waals surface area (Å²) in [6, 6.07) is -0.0907. The highest BCUT2D eigenvalue weighted by atomic mass is 16.2. The van der Waals surface area contributed by atoms with Crippen LogP contribution in [0.3, 0.4) is 0 Å². The summed E-state index contributed by atoms with van der Waals surface area (Å²) in [5.41, 5.74) is -0.592. The zero-order valence-corrected chi connectivity index (χ0v) is 13.2. The highest BCUT2D eigenvalue weighted by Gasteiger charge is 2.51. The summed E-state index contributed by atoms with van der Waals surface area (Å²) in [7, 11) is 2.12. The van der Waals surface area contributed by atoms with Gasteiger partial charge in [-0.3, -0.25) is 9.59 Å². The molecule has 1 atom stereocenters. The van der Waals surface area contributed by atoms with E-state index in [1.54, 1.807) is 0 Å². The fourth-order valence-corrected chi connectivity index (χ4v) is 4.19. The van der Waals surface area contributed by atoms with Crippen molar-refractivity contribution in [1.29, 1.82) is 0 Å². The molecule has 2 aliphatic heterocycles. The number of carbonyl (C=O) groups excluding carboxylic acids is 2. The molecule has 0 radical (unpaired) electrons. The van der Waals surface area contributed by atoms with Crippen LogP contribution < -0.4 is 5.32 Å². The van der Waals surface area contributed by atoms with Gasteiger partial charge in [0.2, 0.25) is 11.8 Å². The number of amides is 2. The summed E-state index contributed by atoms with van der Waals surface area (Å²) in [4.78, 5) is 29.8. The third kappa shape index (κ3) is 2.56. The van der Waals surface area contributed by atoms with Gasteiger partial charge in [0.15, 0.2) is 0 Å². The smallest absolute Gasteiger partial charge is 0.249 e. The molecule has 0 aromatic heterocycles. The van der Waals surface area contributed by atoms with Crippen LogP contribution in [0.5, 0.6) is 0 Å². The van der Waals surface area contributed by atoms with Gasteiger partial charge in [0.25, 0.3) is 0 Å². The van der Waals surface area contributed by atoms with E-state index in [4.69, 9.17) is 0 Å². The van der Waals surface area contributed by atoms with E-state index in [0.29, 0.717) is 0 Å². The molecule has 1 N–H and O–H groups in total. The van der Waals surface area contributed by atoms with Crippen LogP contribution in [0.1, 0.15) is 51.9 Å².